The van der Waals surface area contributed by atoms with Crippen molar-refractivity contribution in [1.29, 1.82) is 0 Å². The minimum atomic E-state index is -4.64. The molecule has 5 N–H and O–H groups in total. The van der Waals surface area contributed by atoms with Crippen molar-refractivity contribution in [2.75, 3.05) is 6.61 Å². The summed E-state index contributed by atoms with van der Waals surface area (Å²) in [6.07, 6.45) is 38.0. The van der Waals surface area contributed by atoms with E-state index in [1.54, 1.807) is 0 Å². The van der Waals surface area contributed by atoms with Gasteiger partial charge in [0.15, 0.2) is 11.9 Å². The lowest BCUT2D eigenvalue weighted by Gasteiger charge is -2.20. The molecule has 0 spiro atoms. The third-order valence-electron chi connectivity index (χ3n) is 8.44. The predicted molar refractivity (Wildman–Crippen MR) is 201 cm³/mol. The molecular formula is C39H75O9P. The van der Waals surface area contributed by atoms with E-state index >= 15 is 0 Å². The van der Waals surface area contributed by atoms with E-state index in [1.807, 2.05) is 0 Å². The van der Waals surface area contributed by atoms with Crippen LogP contribution in [-0.4, -0.2) is 55.5 Å². The molecule has 2 atom stereocenters. The van der Waals surface area contributed by atoms with E-state index < -0.39 is 32.6 Å². The van der Waals surface area contributed by atoms with Gasteiger partial charge in [-0.25, -0.2) is 4.57 Å². The first-order chi connectivity index (χ1) is 23.6. The summed E-state index contributed by atoms with van der Waals surface area (Å²) in [5, 5.41) is 19.5. The molecular weight excluding hydrogens is 643 g/mol. The molecule has 0 saturated heterocycles. The zero-order valence-electron chi connectivity index (χ0n) is 31.3. The van der Waals surface area contributed by atoms with Crippen LogP contribution in [0.3, 0.4) is 0 Å². The van der Waals surface area contributed by atoms with Crippen molar-refractivity contribution in [2.45, 2.75) is 206 Å². The largest absolute Gasteiger partial charge is 0.466 e. The number of hydrogen-bond donors (Lipinski definition) is 5. The topological polar surface area (TPSA) is 162 Å². The monoisotopic (exact) mass is 719 g/mol. The van der Waals surface area contributed by atoms with Crippen LogP contribution in [0.5, 0.6) is 0 Å². The Balaban J connectivity index is 0. The number of carbonyl (C=O) groups excluding carboxylic acids is 2. The van der Waals surface area contributed by atoms with Crippen molar-refractivity contribution in [3.63, 3.8) is 0 Å². The van der Waals surface area contributed by atoms with E-state index in [-0.39, 0.29) is 18.6 Å². The Hall–Kier alpha value is -1.35. The third kappa shape index (κ3) is 42.7. The summed E-state index contributed by atoms with van der Waals surface area (Å²) in [7, 11) is -4.64. The average molecular weight is 719 g/mol. The van der Waals surface area contributed by atoms with E-state index in [0.717, 1.165) is 57.8 Å². The zero-order chi connectivity index (χ0) is 36.9. The Morgan fingerprint density at radius 2 is 0.857 bits per heavy atom. The first kappa shape index (κ1) is 49.8. The van der Waals surface area contributed by atoms with Gasteiger partial charge in [-0.15, -0.1) is 0 Å². The number of carbonyl (C=O) groups is 2. The first-order valence-corrected chi connectivity index (χ1v) is 21.2. The molecule has 0 heterocycles. The molecule has 290 valence electrons. The zero-order valence-corrected chi connectivity index (χ0v) is 32.2. The van der Waals surface area contributed by atoms with Crippen molar-refractivity contribution in [3.05, 3.63) is 24.3 Å². The summed E-state index contributed by atoms with van der Waals surface area (Å²) in [4.78, 5) is 46.6. The molecule has 0 saturated carbocycles. The maximum absolute atomic E-state index is 12.7. The van der Waals surface area contributed by atoms with Crippen molar-refractivity contribution in [1.82, 2.24) is 0 Å². The minimum absolute atomic E-state index is 0.244. The molecule has 0 radical (unpaired) electrons. The highest BCUT2D eigenvalue weighted by molar-refractivity contribution is 7.45. The lowest BCUT2D eigenvalue weighted by atomic mass is 10.0. The molecule has 0 fully saturated rings. The van der Waals surface area contributed by atoms with Gasteiger partial charge in [0.1, 0.15) is 6.10 Å². The van der Waals surface area contributed by atoms with E-state index in [2.05, 4.69) is 38.2 Å². The number of phosphoric acid groups is 1. The number of hydrogen-bond acceptors (Lipinski definition) is 6. The quantitative estimate of drug-likeness (QED) is 0.0189. The summed E-state index contributed by atoms with van der Waals surface area (Å²) in [5.74, 6) is -0.750. The molecule has 0 bridgehead atoms. The van der Waals surface area contributed by atoms with Gasteiger partial charge in [0.25, 0.3) is 0 Å². The highest BCUT2D eigenvalue weighted by Crippen LogP contribution is 2.25. The van der Waals surface area contributed by atoms with E-state index in [1.165, 1.54) is 103 Å². The fraction of sp³-hybridized carbons (Fsp3) is 0.846. The lowest BCUT2D eigenvalue weighted by Crippen LogP contribution is -2.40. The van der Waals surface area contributed by atoms with Crippen LogP contribution >= 0.6 is 7.82 Å². The van der Waals surface area contributed by atoms with Crippen LogP contribution in [0.4, 0.5) is 0 Å². The van der Waals surface area contributed by atoms with Crippen LogP contribution in [0.25, 0.3) is 0 Å². The highest BCUT2D eigenvalue weighted by Gasteiger charge is 2.29. The van der Waals surface area contributed by atoms with E-state index in [9.17, 15) is 19.8 Å². The number of Topliss-reactive ketones (excluding diaryl/α,β-unsaturated/α-hetero) is 1. The minimum Gasteiger partial charge on any atom is -0.451 e. The maximum Gasteiger partial charge on any atom is 0.466 e. The SMILES string of the molecule is CCCCCCCC/C=C\CCCCCCCC(=O)OC(C(=O)CCCCCCC/C=C\CCCCCCCC)C(O)CO.O=P(O)(O)O. The van der Waals surface area contributed by atoms with Crippen LogP contribution < -0.4 is 0 Å². The molecule has 0 rings (SSSR count). The lowest BCUT2D eigenvalue weighted by molar-refractivity contribution is -0.163. The predicted octanol–water partition coefficient (Wildman–Crippen LogP) is 9.97. The summed E-state index contributed by atoms with van der Waals surface area (Å²) < 4.78 is 14.2. The molecule has 0 aliphatic carbocycles. The average Bonchev–Trinajstić information content (AvgIpc) is 3.06. The van der Waals surface area contributed by atoms with Crippen LogP contribution in [0.1, 0.15) is 194 Å². The highest BCUT2D eigenvalue weighted by atomic mass is 31.2. The number of esters is 1. The Morgan fingerprint density at radius 3 is 1.20 bits per heavy atom. The summed E-state index contributed by atoms with van der Waals surface area (Å²) in [6.45, 7) is 3.91. The van der Waals surface area contributed by atoms with Gasteiger partial charge in [-0.2, -0.15) is 0 Å². The molecule has 10 heteroatoms. The normalized spacial score (nSPS) is 13.0. The second-order valence-corrected chi connectivity index (χ2v) is 14.3. The molecule has 49 heavy (non-hydrogen) atoms. The Morgan fingerprint density at radius 1 is 0.551 bits per heavy atom. The molecule has 0 aromatic carbocycles. The second kappa shape index (κ2) is 37.9. The fourth-order valence-electron chi connectivity index (χ4n) is 5.51. The van der Waals surface area contributed by atoms with Gasteiger partial charge < -0.3 is 29.6 Å². The molecule has 9 nitrogen and oxygen atoms in total. The van der Waals surface area contributed by atoms with E-state index in [4.69, 9.17) is 24.0 Å². The van der Waals surface area contributed by atoms with Crippen molar-refractivity contribution >= 4 is 19.6 Å². The van der Waals surface area contributed by atoms with Crippen LogP contribution in [0.2, 0.25) is 0 Å². The standard InChI is InChI=1S/C39H72O5.H3O4P/c1-3-5-7-9-11-13-15-17-19-21-23-25-27-29-31-33-36(41)39(37(42)35-40)44-38(43)34-32-30-28-26-24-22-20-18-16-14-12-10-8-6-4-2;1-5(2,3)4/h17-20,37,39-40,42H,3-16,21-35H2,1-2H3;(H3,1,2,3,4)/b19-17-,20-18-;. The maximum atomic E-state index is 12.7. The number of ether oxygens (including phenoxy) is 1. The van der Waals surface area contributed by atoms with Gasteiger partial charge in [-0.05, 0) is 64.2 Å². The Labute approximate surface area is 299 Å². The van der Waals surface area contributed by atoms with Crippen molar-refractivity contribution in [3.8, 4) is 0 Å². The number of ketones is 1. The summed E-state index contributed by atoms with van der Waals surface area (Å²) in [6, 6.07) is 0. The third-order valence-corrected chi connectivity index (χ3v) is 8.44. The molecule has 0 amide bonds. The van der Waals surface area contributed by atoms with Gasteiger partial charge in [0.2, 0.25) is 0 Å². The molecule has 0 aliphatic heterocycles. The van der Waals surface area contributed by atoms with Gasteiger partial charge in [-0.1, -0.05) is 141 Å². The Kier molecular flexibility index (Phi) is 38.5. The number of rotatable bonds is 34. The van der Waals surface area contributed by atoms with Gasteiger partial charge in [-0.3, -0.25) is 9.59 Å². The molecule has 0 aromatic rings. The smallest absolute Gasteiger partial charge is 0.451 e. The van der Waals surface area contributed by atoms with Gasteiger partial charge >= 0.3 is 13.8 Å². The van der Waals surface area contributed by atoms with Crippen LogP contribution in [0, 0.1) is 0 Å². The number of unbranched alkanes of at least 4 members (excludes halogenated alkanes) is 22. The second-order valence-electron chi connectivity index (χ2n) is 13.3. The Bertz CT molecular complexity index is 832. The van der Waals surface area contributed by atoms with E-state index in [0.29, 0.717) is 6.42 Å². The number of aliphatic hydroxyl groups is 2. The first-order valence-electron chi connectivity index (χ1n) is 19.7. The van der Waals surface area contributed by atoms with Gasteiger partial charge in [0.05, 0.1) is 6.61 Å². The molecule has 0 aliphatic rings. The van der Waals surface area contributed by atoms with Crippen molar-refractivity contribution < 1.29 is 43.8 Å². The fourth-order valence-corrected chi connectivity index (χ4v) is 5.51. The summed E-state index contributed by atoms with van der Waals surface area (Å²) in [5.41, 5.74) is 0. The van der Waals surface area contributed by atoms with Crippen LogP contribution in [-0.2, 0) is 18.9 Å². The number of allylic oxidation sites excluding steroid dienone is 4. The van der Waals surface area contributed by atoms with Crippen molar-refractivity contribution in [2.24, 2.45) is 0 Å². The number of aliphatic hydroxyl groups excluding tert-OH is 2. The summed E-state index contributed by atoms with van der Waals surface area (Å²) >= 11 is 0. The molecule has 2 unspecified atom stereocenters. The van der Waals surface area contributed by atoms with Crippen LogP contribution in [0.15, 0.2) is 24.3 Å². The van der Waals surface area contributed by atoms with Gasteiger partial charge in [0, 0.05) is 12.8 Å². The molecule has 0 aromatic heterocycles.